The van der Waals surface area contributed by atoms with Crippen molar-refractivity contribution in [2.24, 2.45) is 7.05 Å². The van der Waals surface area contributed by atoms with Crippen LogP contribution in [0.2, 0.25) is 0 Å². The van der Waals surface area contributed by atoms with Gasteiger partial charge in [0.25, 0.3) is 0 Å². The maximum atomic E-state index is 12.4. The summed E-state index contributed by atoms with van der Waals surface area (Å²) in [7, 11) is 1.87. The van der Waals surface area contributed by atoms with Crippen LogP contribution in [0.25, 0.3) is 11.0 Å². The van der Waals surface area contributed by atoms with E-state index in [1.54, 1.807) is 10.9 Å². The number of ether oxygens (including phenoxy) is 1. The Balaban J connectivity index is 1.47. The summed E-state index contributed by atoms with van der Waals surface area (Å²) in [6.07, 6.45) is 2.53. The molecule has 1 aliphatic rings. The third-order valence-corrected chi connectivity index (χ3v) is 4.37. The van der Waals surface area contributed by atoms with Gasteiger partial charge in [0.1, 0.15) is 11.8 Å². The molecule has 1 aromatic carbocycles. The summed E-state index contributed by atoms with van der Waals surface area (Å²) >= 11 is 0. The number of nitrogens with one attached hydrogen (secondary N) is 1. The largest absolute Gasteiger partial charge is 0.370 e. The number of nitrogens with zero attached hydrogens (tertiary/aromatic N) is 3. The monoisotopic (exact) mass is 326 g/mol. The molecular formula is C17H18N4O3. The van der Waals surface area contributed by atoms with E-state index in [-0.39, 0.29) is 24.5 Å². The Hall–Kier alpha value is -2.67. The van der Waals surface area contributed by atoms with Gasteiger partial charge < -0.3 is 14.6 Å². The predicted molar refractivity (Wildman–Crippen MR) is 86.2 cm³/mol. The van der Waals surface area contributed by atoms with E-state index in [1.807, 2.05) is 37.4 Å². The van der Waals surface area contributed by atoms with Crippen molar-refractivity contribution in [2.45, 2.75) is 25.0 Å². The third kappa shape index (κ3) is 2.67. The summed E-state index contributed by atoms with van der Waals surface area (Å²) in [5.74, 6) is -0.0864. The number of rotatable bonds is 4. The van der Waals surface area contributed by atoms with Gasteiger partial charge in [-0.05, 0) is 24.6 Å². The lowest BCUT2D eigenvalue weighted by Gasteiger charge is -2.19. The van der Waals surface area contributed by atoms with Crippen molar-refractivity contribution in [1.29, 1.82) is 0 Å². The zero-order valence-corrected chi connectivity index (χ0v) is 13.3. The van der Waals surface area contributed by atoms with Gasteiger partial charge >= 0.3 is 0 Å². The Labute approximate surface area is 138 Å². The van der Waals surface area contributed by atoms with Gasteiger partial charge in [-0.1, -0.05) is 17.3 Å². The number of aromatic nitrogens is 3. The Morgan fingerprint density at radius 3 is 3.08 bits per heavy atom. The second kappa shape index (κ2) is 6.09. The van der Waals surface area contributed by atoms with Crippen LogP contribution < -0.4 is 5.32 Å². The first kappa shape index (κ1) is 14.9. The van der Waals surface area contributed by atoms with Crippen molar-refractivity contribution in [3.63, 3.8) is 0 Å². The van der Waals surface area contributed by atoms with Crippen LogP contribution in [0.5, 0.6) is 0 Å². The molecule has 0 saturated carbocycles. The smallest absolute Gasteiger partial charge is 0.226 e. The van der Waals surface area contributed by atoms with Crippen molar-refractivity contribution in [3.8, 4) is 0 Å². The van der Waals surface area contributed by atoms with Crippen molar-refractivity contribution >= 4 is 16.9 Å². The molecule has 0 radical (unpaired) electrons. The molecule has 4 rings (SSSR count). The third-order valence-electron chi connectivity index (χ3n) is 4.37. The van der Waals surface area contributed by atoms with Crippen molar-refractivity contribution < 1.29 is 14.1 Å². The van der Waals surface area contributed by atoms with E-state index in [0.29, 0.717) is 17.9 Å². The van der Waals surface area contributed by atoms with Gasteiger partial charge in [-0.3, -0.25) is 9.48 Å². The molecule has 7 heteroatoms. The molecule has 3 heterocycles. The Bertz CT molecular complexity index is 869. The second-order valence-corrected chi connectivity index (χ2v) is 5.94. The molecule has 0 bridgehead atoms. The summed E-state index contributed by atoms with van der Waals surface area (Å²) in [6, 6.07) is 9.39. The van der Waals surface area contributed by atoms with Crippen molar-refractivity contribution in [3.05, 3.63) is 47.9 Å². The fraction of sp³-hybridized carbons (Fsp3) is 0.353. The molecule has 0 aliphatic carbocycles. The molecule has 3 aromatic rings. The van der Waals surface area contributed by atoms with Crippen molar-refractivity contribution in [2.75, 3.05) is 6.61 Å². The number of para-hydroxylation sites is 1. The average molecular weight is 326 g/mol. The van der Waals surface area contributed by atoms with Gasteiger partial charge in [-0.2, -0.15) is 5.10 Å². The second-order valence-electron chi connectivity index (χ2n) is 5.94. The average Bonchev–Trinajstić information content (AvgIpc) is 3.28. The van der Waals surface area contributed by atoms with E-state index >= 15 is 0 Å². The summed E-state index contributed by atoms with van der Waals surface area (Å²) in [5.41, 5.74) is 2.31. The van der Waals surface area contributed by atoms with E-state index in [4.69, 9.17) is 9.26 Å². The first-order valence-electron chi connectivity index (χ1n) is 7.94. The summed E-state index contributed by atoms with van der Waals surface area (Å²) in [4.78, 5) is 12.4. The van der Waals surface area contributed by atoms with E-state index in [0.717, 1.165) is 17.5 Å². The van der Waals surface area contributed by atoms with Crippen LogP contribution in [-0.2, 0) is 23.0 Å². The van der Waals surface area contributed by atoms with Gasteiger partial charge in [0, 0.05) is 25.2 Å². The normalized spacial score (nSPS) is 20.5. The molecule has 1 fully saturated rings. The lowest BCUT2D eigenvalue weighted by Crippen LogP contribution is -2.38. The minimum Gasteiger partial charge on any atom is -0.370 e. The van der Waals surface area contributed by atoms with Crippen LogP contribution in [0.3, 0.4) is 0 Å². The molecule has 0 unspecified atom stereocenters. The van der Waals surface area contributed by atoms with Crippen LogP contribution in [0.1, 0.15) is 23.9 Å². The first-order valence-corrected chi connectivity index (χ1v) is 7.94. The zero-order valence-electron chi connectivity index (χ0n) is 13.3. The highest BCUT2D eigenvalue weighted by Crippen LogP contribution is 2.28. The fourth-order valence-electron chi connectivity index (χ4n) is 3.17. The molecule has 2 aromatic heterocycles. The van der Waals surface area contributed by atoms with Gasteiger partial charge in [0.2, 0.25) is 5.91 Å². The number of hydrogen-bond donors (Lipinski definition) is 1. The van der Waals surface area contributed by atoms with E-state index in [1.165, 1.54) is 0 Å². The van der Waals surface area contributed by atoms with Crippen LogP contribution >= 0.6 is 0 Å². The zero-order chi connectivity index (χ0) is 16.5. The van der Waals surface area contributed by atoms with E-state index in [2.05, 4.69) is 15.6 Å². The van der Waals surface area contributed by atoms with Crippen LogP contribution in [0.15, 0.2) is 41.1 Å². The summed E-state index contributed by atoms with van der Waals surface area (Å²) in [5, 5.41) is 12.1. The predicted octanol–water partition coefficient (Wildman–Crippen LogP) is 1.75. The molecule has 7 nitrogen and oxygen atoms in total. The first-order chi connectivity index (χ1) is 11.7. The van der Waals surface area contributed by atoms with Crippen LogP contribution in [-0.4, -0.2) is 33.5 Å². The molecule has 124 valence electrons. The van der Waals surface area contributed by atoms with Crippen molar-refractivity contribution in [1.82, 2.24) is 20.3 Å². The van der Waals surface area contributed by atoms with Gasteiger partial charge in [0.05, 0.1) is 18.2 Å². The summed E-state index contributed by atoms with van der Waals surface area (Å²) in [6.45, 7) is 0.619. The maximum absolute atomic E-state index is 12.4. The van der Waals surface area contributed by atoms with E-state index in [9.17, 15) is 4.79 Å². The standard InChI is InChI=1S/C17H18N4O3/c1-21-14(6-8-18-21)17-12(7-9-23-17)19-16(22)10-13-11-4-2-3-5-15(11)24-20-13/h2-6,8,12,17H,7,9-10H2,1H3,(H,19,22)/t12-,17-/m0/s1. The maximum Gasteiger partial charge on any atom is 0.226 e. The van der Waals surface area contributed by atoms with Crippen LogP contribution in [0, 0.1) is 0 Å². The minimum atomic E-state index is -0.171. The van der Waals surface area contributed by atoms with Gasteiger partial charge in [-0.25, -0.2) is 0 Å². The van der Waals surface area contributed by atoms with Gasteiger partial charge in [-0.15, -0.1) is 0 Å². The number of carbonyl (C=O) groups excluding carboxylic acids is 1. The SMILES string of the molecule is Cn1nccc1[C@H]1OCC[C@@H]1NC(=O)Cc1noc2ccccc12. The minimum absolute atomic E-state index is 0.0638. The number of fused-ring (bicyclic) bond motifs is 1. The Kier molecular flexibility index (Phi) is 3.78. The quantitative estimate of drug-likeness (QED) is 0.790. The Morgan fingerprint density at radius 1 is 1.38 bits per heavy atom. The molecule has 1 aliphatic heterocycles. The summed E-state index contributed by atoms with van der Waals surface area (Å²) < 4.78 is 12.8. The fourth-order valence-corrected chi connectivity index (χ4v) is 3.17. The molecule has 1 amide bonds. The number of amides is 1. The topological polar surface area (TPSA) is 82.2 Å². The molecule has 1 N–H and O–H groups in total. The number of benzene rings is 1. The number of hydrogen-bond acceptors (Lipinski definition) is 5. The highest BCUT2D eigenvalue weighted by atomic mass is 16.5. The highest BCUT2D eigenvalue weighted by Gasteiger charge is 2.32. The Morgan fingerprint density at radius 2 is 2.25 bits per heavy atom. The van der Waals surface area contributed by atoms with Crippen LogP contribution in [0.4, 0.5) is 0 Å². The molecule has 2 atom stereocenters. The molecule has 1 saturated heterocycles. The molecule has 0 spiro atoms. The van der Waals surface area contributed by atoms with E-state index < -0.39 is 0 Å². The lowest BCUT2D eigenvalue weighted by molar-refractivity contribution is -0.121. The lowest BCUT2D eigenvalue weighted by atomic mass is 10.1. The molecule has 24 heavy (non-hydrogen) atoms. The number of carbonyl (C=O) groups is 1. The van der Waals surface area contributed by atoms with Gasteiger partial charge in [0.15, 0.2) is 5.58 Å². The highest BCUT2D eigenvalue weighted by molar-refractivity contribution is 5.86. The number of aryl methyl sites for hydroxylation is 1. The molecular weight excluding hydrogens is 308 g/mol.